The number of halogens is 4. The summed E-state index contributed by atoms with van der Waals surface area (Å²) in [6.45, 7) is 0. The molecule has 0 radical (unpaired) electrons. The number of nitrogens with zero attached hydrogens (tertiary/aromatic N) is 1. The second-order valence-electron chi connectivity index (χ2n) is 5.65. The molecule has 1 aliphatic rings. The molecular weight excluding hydrogens is 317 g/mol. The fraction of sp³-hybridized carbons (Fsp3) is 0.533. The second kappa shape index (κ2) is 7.22. The Labute approximate surface area is 132 Å². The first kappa shape index (κ1) is 16.9. The predicted molar refractivity (Wildman–Crippen MR) is 80.4 cm³/mol. The lowest BCUT2D eigenvalue weighted by atomic mass is 9.80. The number of hydrogen-bond donors (Lipinski definition) is 2. The van der Waals surface area contributed by atoms with Gasteiger partial charge in [-0.25, -0.2) is 0 Å². The molecule has 0 unspecified atom stereocenters. The van der Waals surface area contributed by atoms with Crippen LogP contribution in [0.5, 0.6) is 0 Å². The molecule has 1 fully saturated rings. The molecule has 7 heteroatoms. The van der Waals surface area contributed by atoms with Crippen LogP contribution in [-0.4, -0.2) is 17.2 Å². The molecule has 0 aliphatic heterocycles. The van der Waals surface area contributed by atoms with Crippen molar-refractivity contribution in [2.24, 2.45) is 17.0 Å². The van der Waals surface area contributed by atoms with Gasteiger partial charge in [0.05, 0.1) is 5.92 Å². The lowest BCUT2D eigenvalue weighted by molar-refractivity contribution is -0.183. The van der Waals surface area contributed by atoms with Crippen LogP contribution in [0.1, 0.15) is 32.1 Å². The van der Waals surface area contributed by atoms with Crippen molar-refractivity contribution in [1.82, 2.24) is 0 Å². The lowest BCUT2D eigenvalue weighted by Gasteiger charge is -2.29. The lowest BCUT2D eigenvalue weighted by Crippen LogP contribution is -2.29. The first-order valence-electron chi connectivity index (χ1n) is 7.18. The highest BCUT2D eigenvalue weighted by Gasteiger charge is 2.41. The minimum Gasteiger partial charge on any atom is -0.409 e. The molecule has 1 saturated carbocycles. The summed E-state index contributed by atoms with van der Waals surface area (Å²) in [5.74, 6) is -0.756. The standard InChI is InChI=1S/C15H18ClF3N2O/c16-12-2-1-3-13(9-12)20-14(21-22)8-10-4-6-11(7-5-10)15(17,18)19/h1-3,9-11,22H,4-8H2,(H,20,21). The summed E-state index contributed by atoms with van der Waals surface area (Å²) < 4.78 is 37.9. The van der Waals surface area contributed by atoms with Crippen molar-refractivity contribution in [3.8, 4) is 0 Å². The number of hydrogen-bond acceptors (Lipinski definition) is 2. The van der Waals surface area contributed by atoms with E-state index < -0.39 is 12.1 Å². The Morgan fingerprint density at radius 3 is 2.50 bits per heavy atom. The smallest absolute Gasteiger partial charge is 0.391 e. The van der Waals surface area contributed by atoms with Crippen LogP contribution in [0.15, 0.2) is 29.4 Å². The molecule has 2 rings (SSSR count). The van der Waals surface area contributed by atoms with E-state index in [1.165, 1.54) is 0 Å². The Bertz CT molecular complexity index is 526. The van der Waals surface area contributed by atoms with Crippen molar-refractivity contribution in [3.63, 3.8) is 0 Å². The Balaban J connectivity index is 1.87. The summed E-state index contributed by atoms with van der Waals surface area (Å²) in [5.41, 5.74) is 0.685. The van der Waals surface area contributed by atoms with E-state index in [-0.39, 0.29) is 18.8 Å². The van der Waals surface area contributed by atoms with Crippen molar-refractivity contribution >= 4 is 23.1 Å². The van der Waals surface area contributed by atoms with Gasteiger partial charge in [0.15, 0.2) is 0 Å². The Hall–Kier alpha value is -1.43. The van der Waals surface area contributed by atoms with Crippen molar-refractivity contribution in [2.75, 3.05) is 5.32 Å². The molecule has 0 aromatic heterocycles. The third kappa shape index (κ3) is 4.80. The Morgan fingerprint density at radius 2 is 1.95 bits per heavy atom. The average molecular weight is 335 g/mol. The summed E-state index contributed by atoms with van der Waals surface area (Å²) in [6.07, 6.45) is -2.42. The topological polar surface area (TPSA) is 44.6 Å². The summed E-state index contributed by atoms with van der Waals surface area (Å²) in [7, 11) is 0. The molecule has 0 atom stereocenters. The minimum atomic E-state index is -4.10. The van der Waals surface area contributed by atoms with Crippen molar-refractivity contribution in [2.45, 2.75) is 38.3 Å². The van der Waals surface area contributed by atoms with Crippen LogP contribution in [0.25, 0.3) is 0 Å². The van der Waals surface area contributed by atoms with Crippen LogP contribution in [0.4, 0.5) is 18.9 Å². The number of oxime groups is 1. The van der Waals surface area contributed by atoms with Gasteiger partial charge in [-0.3, -0.25) is 0 Å². The fourth-order valence-electron chi connectivity index (χ4n) is 2.82. The number of benzene rings is 1. The molecule has 122 valence electrons. The predicted octanol–water partition coefficient (Wildman–Crippen LogP) is 5.30. The van der Waals surface area contributed by atoms with Crippen molar-refractivity contribution in [1.29, 1.82) is 0 Å². The van der Waals surface area contributed by atoms with Gasteiger partial charge in [0, 0.05) is 17.1 Å². The molecule has 0 bridgehead atoms. The molecule has 2 N–H and O–H groups in total. The zero-order valence-corrected chi connectivity index (χ0v) is 12.7. The van der Waals surface area contributed by atoms with Gasteiger partial charge in [0.2, 0.25) is 0 Å². The third-order valence-corrected chi connectivity index (χ3v) is 4.26. The SMILES string of the molecule is O/N=C(\CC1CCC(C(F)(F)F)CC1)Nc1cccc(Cl)c1. The molecule has 0 amide bonds. The normalized spacial score (nSPS) is 23.4. The summed E-state index contributed by atoms with van der Waals surface area (Å²) in [5, 5.41) is 15.8. The molecule has 0 heterocycles. The highest BCUT2D eigenvalue weighted by atomic mass is 35.5. The van der Waals surface area contributed by atoms with Gasteiger partial charge in [-0.05, 0) is 49.8 Å². The number of alkyl halides is 3. The summed E-state index contributed by atoms with van der Waals surface area (Å²) in [4.78, 5) is 0. The van der Waals surface area contributed by atoms with Crippen LogP contribution < -0.4 is 5.32 Å². The van der Waals surface area contributed by atoms with Gasteiger partial charge < -0.3 is 10.5 Å². The molecule has 1 aliphatic carbocycles. The van der Waals surface area contributed by atoms with Crippen LogP contribution in [0, 0.1) is 11.8 Å². The first-order chi connectivity index (χ1) is 10.4. The highest BCUT2D eigenvalue weighted by molar-refractivity contribution is 6.30. The van der Waals surface area contributed by atoms with E-state index in [0.29, 0.717) is 35.8 Å². The number of nitrogens with one attached hydrogen (secondary N) is 1. The highest BCUT2D eigenvalue weighted by Crippen LogP contribution is 2.40. The van der Waals surface area contributed by atoms with E-state index in [4.69, 9.17) is 16.8 Å². The van der Waals surface area contributed by atoms with E-state index in [2.05, 4.69) is 10.5 Å². The number of anilines is 1. The van der Waals surface area contributed by atoms with Gasteiger partial charge in [-0.1, -0.05) is 22.8 Å². The van der Waals surface area contributed by atoms with Crippen LogP contribution >= 0.6 is 11.6 Å². The first-order valence-corrected chi connectivity index (χ1v) is 7.56. The minimum absolute atomic E-state index is 0.0937. The maximum atomic E-state index is 12.6. The average Bonchev–Trinajstić information content (AvgIpc) is 2.46. The number of amidine groups is 1. The maximum absolute atomic E-state index is 12.6. The molecule has 0 spiro atoms. The quantitative estimate of drug-likeness (QED) is 0.341. The monoisotopic (exact) mass is 334 g/mol. The summed E-state index contributed by atoms with van der Waals surface area (Å²) >= 11 is 5.87. The van der Waals surface area contributed by atoms with Gasteiger partial charge in [-0.2, -0.15) is 13.2 Å². The molecule has 22 heavy (non-hydrogen) atoms. The van der Waals surface area contributed by atoms with Gasteiger partial charge in [-0.15, -0.1) is 0 Å². The zero-order chi connectivity index (χ0) is 16.2. The largest absolute Gasteiger partial charge is 0.409 e. The molecule has 1 aromatic carbocycles. The van der Waals surface area contributed by atoms with Gasteiger partial charge in [0.25, 0.3) is 0 Å². The van der Waals surface area contributed by atoms with E-state index >= 15 is 0 Å². The van der Waals surface area contributed by atoms with Crippen molar-refractivity contribution < 1.29 is 18.4 Å². The maximum Gasteiger partial charge on any atom is 0.391 e. The molecule has 1 aromatic rings. The van der Waals surface area contributed by atoms with E-state index in [0.717, 1.165) is 0 Å². The Kier molecular flexibility index (Phi) is 5.56. The molecule has 3 nitrogen and oxygen atoms in total. The molecular formula is C15H18ClF3N2O. The van der Waals surface area contributed by atoms with Crippen LogP contribution in [-0.2, 0) is 0 Å². The van der Waals surface area contributed by atoms with Gasteiger partial charge in [0.1, 0.15) is 5.84 Å². The number of rotatable bonds is 3. The van der Waals surface area contributed by atoms with Gasteiger partial charge >= 0.3 is 6.18 Å². The second-order valence-corrected chi connectivity index (χ2v) is 6.08. The van der Waals surface area contributed by atoms with Crippen molar-refractivity contribution in [3.05, 3.63) is 29.3 Å². The fourth-order valence-corrected chi connectivity index (χ4v) is 3.01. The molecule has 0 saturated heterocycles. The van der Waals surface area contributed by atoms with E-state index in [1.54, 1.807) is 24.3 Å². The van der Waals surface area contributed by atoms with Crippen LogP contribution in [0.2, 0.25) is 5.02 Å². The van der Waals surface area contributed by atoms with E-state index in [9.17, 15) is 13.2 Å². The third-order valence-electron chi connectivity index (χ3n) is 4.03. The Morgan fingerprint density at radius 1 is 1.27 bits per heavy atom. The van der Waals surface area contributed by atoms with E-state index in [1.807, 2.05) is 0 Å². The van der Waals surface area contributed by atoms with Crippen LogP contribution in [0.3, 0.4) is 0 Å². The summed E-state index contributed by atoms with van der Waals surface area (Å²) in [6, 6.07) is 6.94. The zero-order valence-electron chi connectivity index (χ0n) is 11.9.